The molecule has 0 bridgehead atoms. The summed E-state index contributed by atoms with van der Waals surface area (Å²) in [6, 6.07) is 9.11. The summed E-state index contributed by atoms with van der Waals surface area (Å²) in [5.74, 6) is -2.18. The van der Waals surface area contributed by atoms with Crippen molar-refractivity contribution in [1.29, 1.82) is 0 Å². The Hall–Kier alpha value is -3.97. The lowest BCUT2D eigenvalue weighted by atomic mass is 9.89. The van der Waals surface area contributed by atoms with Crippen molar-refractivity contribution in [2.24, 2.45) is 0 Å². The molecule has 4 aromatic rings. The fourth-order valence-corrected chi connectivity index (χ4v) is 6.36. The number of anilines is 2. The van der Waals surface area contributed by atoms with Crippen molar-refractivity contribution in [2.45, 2.75) is 50.0 Å². The highest BCUT2D eigenvalue weighted by Crippen LogP contribution is 2.31. The van der Waals surface area contributed by atoms with Crippen LogP contribution in [-0.2, 0) is 10.0 Å². The third kappa shape index (κ3) is 6.05. The summed E-state index contributed by atoms with van der Waals surface area (Å²) in [5, 5.41) is 6.91. The van der Waals surface area contributed by atoms with Gasteiger partial charge in [-0.1, -0.05) is 12.1 Å². The highest BCUT2D eigenvalue weighted by atomic mass is 32.2. The van der Waals surface area contributed by atoms with Crippen molar-refractivity contribution >= 4 is 33.1 Å². The van der Waals surface area contributed by atoms with Crippen molar-refractivity contribution in [1.82, 2.24) is 24.2 Å². The normalized spacial score (nSPS) is 14.9. The maximum atomic E-state index is 14.7. The van der Waals surface area contributed by atoms with Crippen LogP contribution in [-0.4, -0.2) is 52.5 Å². The number of hydrogen-bond acceptors (Lipinski definition) is 6. The lowest BCUT2D eigenvalue weighted by Gasteiger charge is -2.32. The van der Waals surface area contributed by atoms with Crippen LogP contribution in [0, 0.1) is 17.5 Å². The molecule has 41 heavy (non-hydrogen) atoms. The molecule has 2 aromatic heterocycles. The van der Waals surface area contributed by atoms with E-state index >= 15 is 0 Å². The first-order valence-electron chi connectivity index (χ1n) is 13.0. The average Bonchev–Trinajstić information content (AvgIpc) is 3.36. The van der Waals surface area contributed by atoms with E-state index in [4.69, 9.17) is 0 Å². The van der Waals surface area contributed by atoms with Gasteiger partial charge in [0, 0.05) is 30.9 Å². The Morgan fingerprint density at radius 3 is 2.29 bits per heavy atom. The summed E-state index contributed by atoms with van der Waals surface area (Å²) in [5.41, 5.74) is -0.187. The van der Waals surface area contributed by atoms with Crippen LogP contribution in [0.15, 0.2) is 59.8 Å². The zero-order valence-corrected chi connectivity index (χ0v) is 23.5. The Morgan fingerprint density at radius 1 is 0.976 bits per heavy atom. The molecule has 9 nitrogen and oxygen atoms in total. The largest absolute Gasteiger partial charge is 0.338 e. The van der Waals surface area contributed by atoms with Gasteiger partial charge in [-0.05, 0) is 69.4 Å². The Kier molecular flexibility index (Phi) is 7.51. The summed E-state index contributed by atoms with van der Waals surface area (Å²) < 4.78 is 71.8. The van der Waals surface area contributed by atoms with Gasteiger partial charge in [0.25, 0.3) is 5.91 Å². The Labute approximate surface area is 235 Å². The number of nitrogens with one attached hydrogen (secondary N) is 2. The van der Waals surface area contributed by atoms with Crippen LogP contribution in [0.1, 0.15) is 55.5 Å². The van der Waals surface area contributed by atoms with E-state index in [2.05, 4.69) is 20.1 Å². The number of carbonyl (C=O) groups excluding carboxylic acids is 1. The molecule has 1 fully saturated rings. The zero-order valence-electron chi connectivity index (χ0n) is 22.7. The van der Waals surface area contributed by atoms with Crippen LogP contribution in [0.3, 0.4) is 0 Å². The highest BCUT2D eigenvalue weighted by Gasteiger charge is 2.31. The molecule has 0 spiro atoms. The summed E-state index contributed by atoms with van der Waals surface area (Å²) in [4.78, 5) is 19.4. The smallest absolute Gasteiger partial charge is 0.259 e. The van der Waals surface area contributed by atoms with Crippen LogP contribution in [0.5, 0.6) is 0 Å². The van der Waals surface area contributed by atoms with Gasteiger partial charge in [0.05, 0.1) is 11.9 Å². The molecule has 1 amide bonds. The van der Waals surface area contributed by atoms with Crippen LogP contribution in [0.2, 0.25) is 0 Å². The Bertz CT molecular complexity index is 1710. The fraction of sp³-hybridized carbons (Fsp3) is 0.321. The highest BCUT2D eigenvalue weighted by molar-refractivity contribution is 7.89. The first-order valence-corrected chi connectivity index (χ1v) is 14.5. The first-order chi connectivity index (χ1) is 19.3. The monoisotopic (exact) mass is 586 g/mol. The number of carbonyl (C=O) groups is 1. The number of likely N-dealkylation sites (tertiary alicyclic amines) is 1. The SMILES string of the molecule is CC(C)(C)NS(=O)(=O)c1cnn2c(Nc3cc(F)ccc3F)c(C(=O)N3CCC(c4ccc(F)cc4)CC3)cnc12. The van der Waals surface area contributed by atoms with Gasteiger partial charge in [-0.3, -0.25) is 4.79 Å². The second-order valence-electron chi connectivity index (χ2n) is 11.0. The number of halogens is 3. The molecule has 1 aliphatic rings. The van der Waals surface area contributed by atoms with E-state index < -0.39 is 33.1 Å². The predicted molar refractivity (Wildman–Crippen MR) is 147 cm³/mol. The summed E-state index contributed by atoms with van der Waals surface area (Å²) in [7, 11) is -4.07. The molecule has 5 rings (SSSR count). The van der Waals surface area contributed by atoms with Crippen molar-refractivity contribution in [3.05, 3.63) is 83.4 Å². The quantitative estimate of drug-likeness (QED) is 0.330. The lowest BCUT2D eigenvalue weighted by molar-refractivity contribution is 0.0713. The second kappa shape index (κ2) is 10.8. The number of fused-ring (bicyclic) bond motifs is 1. The van der Waals surface area contributed by atoms with E-state index in [-0.39, 0.29) is 39.3 Å². The molecule has 1 saturated heterocycles. The molecule has 0 aliphatic carbocycles. The molecule has 2 N–H and O–H groups in total. The molecule has 0 saturated carbocycles. The maximum absolute atomic E-state index is 14.7. The molecule has 0 unspecified atom stereocenters. The topological polar surface area (TPSA) is 109 Å². The number of hydrogen-bond donors (Lipinski definition) is 2. The Morgan fingerprint density at radius 2 is 1.63 bits per heavy atom. The molecule has 0 atom stereocenters. The van der Waals surface area contributed by atoms with Crippen LogP contribution in [0.4, 0.5) is 24.7 Å². The van der Waals surface area contributed by atoms with Crippen molar-refractivity contribution in [3.8, 4) is 0 Å². The first kappa shape index (κ1) is 28.6. The maximum Gasteiger partial charge on any atom is 0.259 e. The minimum absolute atomic E-state index is 0.00257. The molecule has 1 aliphatic heterocycles. The van der Waals surface area contributed by atoms with Gasteiger partial charge in [-0.2, -0.15) is 9.61 Å². The number of sulfonamides is 1. The van der Waals surface area contributed by atoms with E-state index in [0.29, 0.717) is 25.9 Å². The number of aromatic nitrogens is 3. The number of piperidine rings is 1. The molecule has 2 aromatic carbocycles. The molecular formula is C28H29F3N6O3S. The molecule has 216 valence electrons. The van der Waals surface area contributed by atoms with Gasteiger partial charge in [0.2, 0.25) is 10.0 Å². The fourth-order valence-electron chi connectivity index (χ4n) is 4.88. The zero-order chi connectivity index (χ0) is 29.5. The van der Waals surface area contributed by atoms with E-state index in [9.17, 15) is 26.4 Å². The minimum Gasteiger partial charge on any atom is -0.338 e. The van der Waals surface area contributed by atoms with Gasteiger partial charge in [0.1, 0.15) is 33.7 Å². The van der Waals surface area contributed by atoms with Gasteiger partial charge >= 0.3 is 0 Å². The standard InChI is InChI=1S/C28H29F3N6O3S/c1-28(2,3)35-41(39,40)24-16-33-37-25(34-23-14-20(30)8-9-22(23)31)21(15-32-26(24)37)27(38)36-12-10-18(11-13-36)17-4-6-19(29)7-5-17/h4-9,14-16,18,34-35H,10-13H2,1-3H3. The van der Waals surface area contributed by atoms with Gasteiger partial charge in [-0.25, -0.2) is 31.3 Å². The minimum atomic E-state index is -4.07. The second-order valence-corrected chi connectivity index (χ2v) is 12.6. The molecular weight excluding hydrogens is 557 g/mol. The molecule has 0 radical (unpaired) electrons. The van der Waals surface area contributed by atoms with Gasteiger partial charge in [0.15, 0.2) is 5.65 Å². The van der Waals surface area contributed by atoms with Crippen LogP contribution >= 0.6 is 0 Å². The van der Waals surface area contributed by atoms with Crippen molar-refractivity contribution < 1.29 is 26.4 Å². The number of rotatable bonds is 6. The van der Waals surface area contributed by atoms with Gasteiger partial charge < -0.3 is 10.2 Å². The van der Waals surface area contributed by atoms with E-state index in [1.165, 1.54) is 18.3 Å². The number of nitrogens with zero attached hydrogens (tertiary/aromatic N) is 4. The van der Waals surface area contributed by atoms with Crippen molar-refractivity contribution in [2.75, 3.05) is 18.4 Å². The number of amides is 1. The third-order valence-electron chi connectivity index (χ3n) is 6.76. The predicted octanol–water partition coefficient (Wildman–Crippen LogP) is 4.99. The lowest BCUT2D eigenvalue weighted by Crippen LogP contribution is -2.40. The Balaban J connectivity index is 1.52. The average molecular weight is 587 g/mol. The third-order valence-corrected chi connectivity index (χ3v) is 8.51. The summed E-state index contributed by atoms with van der Waals surface area (Å²) in [6.07, 6.45) is 3.57. The number of benzene rings is 2. The van der Waals surface area contributed by atoms with Crippen LogP contribution < -0.4 is 10.0 Å². The van der Waals surface area contributed by atoms with E-state index in [1.807, 2.05) is 0 Å². The van der Waals surface area contributed by atoms with E-state index in [0.717, 1.165) is 34.5 Å². The summed E-state index contributed by atoms with van der Waals surface area (Å²) >= 11 is 0. The van der Waals surface area contributed by atoms with Gasteiger partial charge in [-0.15, -0.1) is 0 Å². The van der Waals surface area contributed by atoms with E-state index in [1.54, 1.807) is 37.8 Å². The van der Waals surface area contributed by atoms with Crippen molar-refractivity contribution in [3.63, 3.8) is 0 Å². The summed E-state index contributed by atoms with van der Waals surface area (Å²) in [6.45, 7) is 5.82. The molecule has 13 heteroatoms. The van der Waals surface area contributed by atoms with Crippen LogP contribution in [0.25, 0.3) is 5.65 Å². The molecule has 3 heterocycles.